The number of hydrogen-bond acceptors (Lipinski definition) is 1. The molecule has 1 aliphatic heterocycles. The average molecular weight is 269 g/mol. The van der Waals surface area contributed by atoms with Gasteiger partial charge in [0.25, 0.3) is 0 Å². The van der Waals surface area contributed by atoms with E-state index in [1.54, 1.807) is 11.1 Å². The molecule has 2 aliphatic carbocycles. The van der Waals surface area contributed by atoms with Crippen LogP contribution in [0.25, 0.3) is 0 Å². The maximum atomic E-state index is 3.50. The summed E-state index contributed by atoms with van der Waals surface area (Å²) in [6, 6.07) is 9.71. The van der Waals surface area contributed by atoms with Crippen LogP contribution in [-0.2, 0) is 10.8 Å². The highest BCUT2D eigenvalue weighted by atomic mass is 14.9. The van der Waals surface area contributed by atoms with Crippen molar-refractivity contribution in [2.75, 3.05) is 13.1 Å². The van der Waals surface area contributed by atoms with Crippen molar-refractivity contribution in [3.63, 3.8) is 0 Å². The Kier molecular flexibility index (Phi) is 2.96. The molecule has 1 aromatic rings. The molecule has 3 aliphatic rings. The first-order chi connectivity index (χ1) is 9.73. The number of benzene rings is 1. The van der Waals surface area contributed by atoms with Gasteiger partial charge in [-0.25, -0.2) is 0 Å². The highest BCUT2D eigenvalue weighted by molar-refractivity contribution is 5.39. The topological polar surface area (TPSA) is 12.0 Å². The van der Waals surface area contributed by atoms with E-state index in [1.165, 1.54) is 58.0 Å². The predicted molar refractivity (Wildman–Crippen MR) is 84.2 cm³/mol. The Morgan fingerprint density at radius 2 is 1.85 bits per heavy atom. The second-order valence-corrected chi connectivity index (χ2v) is 7.69. The standard InChI is InChI=1S/C19H27N/c1-18(9-11-20-12-10-18)15-6-4-7-16(13-15)19-8-3-2-5-17(19)14-19/h4,6-7,13,17,20H,2-3,5,8-12,14H2,1H3. The van der Waals surface area contributed by atoms with Gasteiger partial charge in [0.15, 0.2) is 0 Å². The van der Waals surface area contributed by atoms with Crippen LogP contribution >= 0.6 is 0 Å². The van der Waals surface area contributed by atoms with Crippen LogP contribution in [-0.4, -0.2) is 13.1 Å². The summed E-state index contributed by atoms with van der Waals surface area (Å²) >= 11 is 0. The lowest BCUT2D eigenvalue weighted by molar-refractivity contribution is 0.334. The van der Waals surface area contributed by atoms with E-state index in [1.807, 2.05) is 0 Å². The van der Waals surface area contributed by atoms with Gasteiger partial charge < -0.3 is 5.32 Å². The van der Waals surface area contributed by atoms with Crippen molar-refractivity contribution >= 4 is 0 Å². The third-order valence-electron chi connectivity index (χ3n) is 6.50. The van der Waals surface area contributed by atoms with E-state index < -0.39 is 0 Å². The molecule has 1 nitrogen and oxygen atoms in total. The first-order valence-electron chi connectivity index (χ1n) is 8.55. The van der Waals surface area contributed by atoms with Crippen LogP contribution in [0.5, 0.6) is 0 Å². The van der Waals surface area contributed by atoms with Crippen LogP contribution in [0.2, 0.25) is 0 Å². The zero-order chi connectivity index (χ0) is 13.6. The average Bonchev–Trinajstić information content (AvgIpc) is 3.24. The molecule has 1 aromatic carbocycles. The lowest BCUT2D eigenvalue weighted by atomic mass is 9.73. The Morgan fingerprint density at radius 3 is 2.65 bits per heavy atom. The zero-order valence-corrected chi connectivity index (χ0v) is 12.8. The van der Waals surface area contributed by atoms with Gasteiger partial charge in [0.2, 0.25) is 0 Å². The summed E-state index contributed by atoms with van der Waals surface area (Å²) in [7, 11) is 0. The van der Waals surface area contributed by atoms with E-state index in [-0.39, 0.29) is 0 Å². The zero-order valence-electron chi connectivity index (χ0n) is 12.8. The van der Waals surface area contributed by atoms with Crippen molar-refractivity contribution in [3.8, 4) is 0 Å². The Balaban J connectivity index is 1.65. The third-order valence-corrected chi connectivity index (χ3v) is 6.50. The maximum absolute atomic E-state index is 3.50. The maximum Gasteiger partial charge on any atom is -0.00154 e. The Hall–Kier alpha value is -0.820. The van der Waals surface area contributed by atoms with Gasteiger partial charge in [-0.2, -0.15) is 0 Å². The number of rotatable bonds is 2. The molecule has 0 aromatic heterocycles. The van der Waals surface area contributed by atoms with E-state index in [0.717, 1.165) is 5.92 Å². The number of hydrogen-bond donors (Lipinski definition) is 1. The van der Waals surface area contributed by atoms with E-state index in [9.17, 15) is 0 Å². The summed E-state index contributed by atoms with van der Waals surface area (Å²) < 4.78 is 0. The molecule has 0 amide bonds. The number of piperidine rings is 1. The molecule has 20 heavy (non-hydrogen) atoms. The fourth-order valence-electron chi connectivity index (χ4n) is 4.87. The summed E-state index contributed by atoms with van der Waals surface area (Å²) in [6.45, 7) is 4.82. The van der Waals surface area contributed by atoms with Gasteiger partial charge in [-0.15, -0.1) is 0 Å². The molecule has 0 radical (unpaired) electrons. The lowest BCUT2D eigenvalue weighted by Crippen LogP contribution is -2.37. The van der Waals surface area contributed by atoms with E-state index in [0.29, 0.717) is 10.8 Å². The minimum Gasteiger partial charge on any atom is -0.317 e. The highest BCUT2D eigenvalue weighted by Gasteiger charge is 2.55. The van der Waals surface area contributed by atoms with E-state index in [4.69, 9.17) is 0 Å². The Bertz CT molecular complexity index is 477. The minimum absolute atomic E-state index is 0.400. The summed E-state index contributed by atoms with van der Waals surface area (Å²) in [5.74, 6) is 1.01. The molecule has 2 atom stereocenters. The van der Waals surface area contributed by atoms with Gasteiger partial charge in [0.05, 0.1) is 0 Å². The lowest BCUT2D eigenvalue weighted by Gasteiger charge is -2.35. The SMILES string of the molecule is CC1(c2cccc(C34CCCCC3C4)c2)CCNCC1. The van der Waals surface area contributed by atoms with E-state index in [2.05, 4.69) is 36.5 Å². The van der Waals surface area contributed by atoms with Crippen molar-refractivity contribution in [2.45, 2.75) is 62.7 Å². The molecule has 1 saturated heterocycles. The smallest absolute Gasteiger partial charge is 0.00154 e. The summed E-state index contributed by atoms with van der Waals surface area (Å²) in [5.41, 5.74) is 4.26. The molecular weight excluding hydrogens is 242 g/mol. The van der Waals surface area contributed by atoms with Crippen LogP contribution in [0.1, 0.15) is 63.0 Å². The van der Waals surface area contributed by atoms with Crippen LogP contribution < -0.4 is 5.32 Å². The minimum atomic E-state index is 0.400. The molecule has 2 saturated carbocycles. The summed E-state index contributed by atoms with van der Waals surface area (Å²) in [6.07, 6.45) is 9.87. The Morgan fingerprint density at radius 1 is 1.05 bits per heavy atom. The van der Waals surface area contributed by atoms with Crippen molar-refractivity contribution in [1.82, 2.24) is 5.32 Å². The quantitative estimate of drug-likeness (QED) is 0.850. The molecule has 4 rings (SSSR count). The van der Waals surface area contributed by atoms with Gasteiger partial charge in [0, 0.05) is 0 Å². The fraction of sp³-hybridized carbons (Fsp3) is 0.684. The second kappa shape index (κ2) is 4.59. The van der Waals surface area contributed by atoms with Gasteiger partial charge in [-0.3, -0.25) is 0 Å². The molecule has 2 unspecified atom stereocenters. The fourth-order valence-corrected chi connectivity index (χ4v) is 4.87. The molecule has 0 spiro atoms. The molecule has 0 bridgehead atoms. The van der Waals surface area contributed by atoms with Crippen LogP contribution in [0.4, 0.5) is 0 Å². The number of nitrogens with one attached hydrogen (secondary N) is 1. The first-order valence-corrected chi connectivity index (χ1v) is 8.55. The van der Waals surface area contributed by atoms with Crippen molar-refractivity contribution < 1.29 is 0 Å². The van der Waals surface area contributed by atoms with Crippen LogP contribution in [0, 0.1) is 5.92 Å². The molecule has 1 heterocycles. The van der Waals surface area contributed by atoms with Crippen LogP contribution in [0.3, 0.4) is 0 Å². The van der Waals surface area contributed by atoms with Gasteiger partial charge in [-0.05, 0) is 73.1 Å². The van der Waals surface area contributed by atoms with Crippen molar-refractivity contribution in [1.29, 1.82) is 0 Å². The molecule has 1 N–H and O–H groups in total. The van der Waals surface area contributed by atoms with E-state index >= 15 is 0 Å². The van der Waals surface area contributed by atoms with Gasteiger partial charge in [-0.1, -0.05) is 44.0 Å². The number of fused-ring (bicyclic) bond motifs is 1. The van der Waals surface area contributed by atoms with Crippen molar-refractivity contribution in [3.05, 3.63) is 35.4 Å². The Labute approximate surface area is 123 Å². The van der Waals surface area contributed by atoms with Crippen molar-refractivity contribution in [2.24, 2.45) is 5.92 Å². The molecule has 3 fully saturated rings. The van der Waals surface area contributed by atoms with Crippen LogP contribution in [0.15, 0.2) is 24.3 Å². The normalized spacial score (nSPS) is 35.4. The molecular formula is C19H27N. The predicted octanol–water partition coefficient (Wildman–Crippen LogP) is 4.16. The van der Waals surface area contributed by atoms with Gasteiger partial charge in [0.1, 0.15) is 0 Å². The monoisotopic (exact) mass is 269 g/mol. The largest absolute Gasteiger partial charge is 0.317 e. The third kappa shape index (κ3) is 1.94. The molecule has 1 heteroatoms. The summed E-state index contributed by atoms with van der Waals surface area (Å²) in [4.78, 5) is 0. The van der Waals surface area contributed by atoms with Gasteiger partial charge >= 0.3 is 0 Å². The molecule has 108 valence electrons. The second-order valence-electron chi connectivity index (χ2n) is 7.69. The summed E-state index contributed by atoms with van der Waals surface area (Å²) in [5, 5.41) is 3.50. The first kappa shape index (κ1) is 12.9. The highest BCUT2D eigenvalue weighted by Crippen LogP contribution is 2.62.